The van der Waals surface area contributed by atoms with Crippen LogP contribution in [0.4, 0.5) is 4.39 Å². The van der Waals surface area contributed by atoms with Gasteiger partial charge in [0.2, 0.25) is 5.90 Å². The van der Waals surface area contributed by atoms with Crippen LogP contribution in [0.2, 0.25) is 0 Å². The minimum atomic E-state index is -0.421. The van der Waals surface area contributed by atoms with E-state index in [1.54, 1.807) is 13.0 Å². The molecule has 0 N–H and O–H groups in total. The number of aromatic nitrogens is 2. The summed E-state index contributed by atoms with van der Waals surface area (Å²) < 4.78 is 24.0. The standard InChI is InChI=1S/C19H20FN3O3/c1-11(2)6-17(24)13-7-18(22-8-13)25-10-15-12(3)26-23-19(15)16-5-4-14(20)9-21-16/h4-5,7,9,11H,6,8,10H2,1-3H3. The molecule has 3 rings (SSSR count). The summed E-state index contributed by atoms with van der Waals surface area (Å²) in [5, 5.41) is 3.99. The molecule has 2 aromatic rings. The summed E-state index contributed by atoms with van der Waals surface area (Å²) in [5.74, 6) is 0.981. The van der Waals surface area contributed by atoms with Gasteiger partial charge in [0.1, 0.15) is 23.9 Å². The Morgan fingerprint density at radius 2 is 2.19 bits per heavy atom. The van der Waals surface area contributed by atoms with E-state index in [-0.39, 0.29) is 12.4 Å². The number of aryl methyl sites for hydroxylation is 1. The minimum Gasteiger partial charge on any atom is -0.473 e. The van der Waals surface area contributed by atoms with Crippen molar-refractivity contribution in [2.45, 2.75) is 33.8 Å². The molecule has 2 aromatic heterocycles. The van der Waals surface area contributed by atoms with E-state index in [0.29, 0.717) is 53.1 Å². The number of pyridine rings is 1. The number of hydrogen-bond acceptors (Lipinski definition) is 6. The van der Waals surface area contributed by atoms with Gasteiger partial charge in [0.15, 0.2) is 5.78 Å². The van der Waals surface area contributed by atoms with Crippen molar-refractivity contribution in [2.24, 2.45) is 10.9 Å². The fourth-order valence-electron chi connectivity index (χ4n) is 2.59. The van der Waals surface area contributed by atoms with Gasteiger partial charge in [-0.1, -0.05) is 19.0 Å². The van der Waals surface area contributed by atoms with Crippen LogP contribution in [0.15, 0.2) is 39.5 Å². The third kappa shape index (κ3) is 4.04. The summed E-state index contributed by atoms with van der Waals surface area (Å²) in [4.78, 5) is 20.4. The summed E-state index contributed by atoms with van der Waals surface area (Å²) in [6.07, 6.45) is 3.31. The zero-order chi connectivity index (χ0) is 18.7. The molecule has 7 heteroatoms. The van der Waals surface area contributed by atoms with Crippen LogP contribution in [0.25, 0.3) is 11.4 Å². The highest BCUT2D eigenvalue weighted by Crippen LogP contribution is 2.25. The molecule has 0 saturated heterocycles. The molecule has 1 aliphatic heterocycles. The molecule has 136 valence electrons. The number of ketones is 1. The highest BCUT2D eigenvalue weighted by atomic mass is 19.1. The topological polar surface area (TPSA) is 77.6 Å². The van der Waals surface area contributed by atoms with Crippen LogP contribution in [0.3, 0.4) is 0 Å². The van der Waals surface area contributed by atoms with E-state index in [2.05, 4.69) is 15.1 Å². The predicted octanol–water partition coefficient (Wildman–Crippen LogP) is 3.65. The average Bonchev–Trinajstić information content (AvgIpc) is 3.20. The van der Waals surface area contributed by atoms with Crippen molar-refractivity contribution in [3.05, 3.63) is 47.1 Å². The van der Waals surface area contributed by atoms with Crippen molar-refractivity contribution in [1.82, 2.24) is 10.1 Å². The van der Waals surface area contributed by atoms with Gasteiger partial charge in [-0.05, 0) is 25.0 Å². The minimum absolute atomic E-state index is 0.0970. The second-order valence-corrected chi connectivity index (χ2v) is 6.56. The van der Waals surface area contributed by atoms with E-state index >= 15 is 0 Å². The molecule has 0 aliphatic carbocycles. The Hall–Kier alpha value is -2.83. The maximum Gasteiger partial charge on any atom is 0.209 e. The van der Waals surface area contributed by atoms with Gasteiger partial charge in [0.25, 0.3) is 0 Å². The number of carbonyl (C=O) groups is 1. The molecule has 0 fully saturated rings. The van der Waals surface area contributed by atoms with Gasteiger partial charge in [-0.25, -0.2) is 9.38 Å². The van der Waals surface area contributed by atoms with Crippen LogP contribution in [0.5, 0.6) is 0 Å². The zero-order valence-electron chi connectivity index (χ0n) is 15.0. The first-order valence-corrected chi connectivity index (χ1v) is 8.42. The number of ether oxygens (including phenoxy) is 1. The quantitative estimate of drug-likeness (QED) is 0.788. The lowest BCUT2D eigenvalue weighted by molar-refractivity contribution is -0.116. The molecule has 0 saturated carbocycles. The van der Waals surface area contributed by atoms with Gasteiger partial charge in [0, 0.05) is 18.1 Å². The van der Waals surface area contributed by atoms with Crippen molar-refractivity contribution < 1.29 is 18.4 Å². The molecule has 26 heavy (non-hydrogen) atoms. The number of Topliss-reactive ketones (excluding diaryl/α,β-unsaturated/α-hetero) is 1. The fraction of sp³-hybridized carbons (Fsp3) is 0.368. The predicted molar refractivity (Wildman–Crippen MR) is 94.1 cm³/mol. The molecular formula is C19H20FN3O3. The first-order chi connectivity index (χ1) is 12.4. The third-order valence-electron chi connectivity index (χ3n) is 3.97. The Bertz CT molecular complexity index is 867. The van der Waals surface area contributed by atoms with Gasteiger partial charge in [-0.2, -0.15) is 0 Å². The third-order valence-corrected chi connectivity index (χ3v) is 3.97. The Morgan fingerprint density at radius 3 is 2.88 bits per heavy atom. The van der Waals surface area contributed by atoms with E-state index in [9.17, 15) is 9.18 Å². The zero-order valence-corrected chi connectivity index (χ0v) is 15.0. The van der Waals surface area contributed by atoms with Gasteiger partial charge in [0.05, 0.1) is 24.0 Å². The smallest absolute Gasteiger partial charge is 0.209 e. The van der Waals surface area contributed by atoms with Crippen LogP contribution in [-0.4, -0.2) is 28.4 Å². The largest absolute Gasteiger partial charge is 0.473 e. The second kappa shape index (κ2) is 7.59. The molecule has 0 atom stereocenters. The van der Waals surface area contributed by atoms with Crippen molar-refractivity contribution in [2.75, 3.05) is 6.54 Å². The molecule has 0 unspecified atom stereocenters. The maximum absolute atomic E-state index is 13.1. The molecule has 0 aromatic carbocycles. The summed E-state index contributed by atoms with van der Waals surface area (Å²) in [5.41, 5.74) is 2.37. The number of rotatable bonds is 6. The van der Waals surface area contributed by atoms with Crippen LogP contribution in [0.1, 0.15) is 31.6 Å². The lowest BCUT2D eigenvalue weighted by atomic mass is 10.0. The van der Waals surface area contributed by atoms with Crippen LogP contribution < -0.4 is 0 Å². The van der Waals surface area contributed by atoms with Crippen LogP contribution in [-0.2, 0) is 16.1 Å². The molecule has 6 nitrogen and oxygen atoms in total. The fourth-order valence-corrected chi connectivity index (χ4v) is 2.59. The second-order valence-electron chi connectivity index (χ2n) is 6.56. The highest BCUT2D eigenvalue weighted by molar-refractivity contribution is 6.05. The molecule has 0 radical (unpaired) electrons. The van der Waals surface area contributed by atoms with Crippen molar-refractivity contribution >= 4 is 11.7 Å². The maximum atomic E-state index is 13.1. The summed E-state index contributed by atoms with van der Waals surface area (Å²) in [6, 6.07) is 2.85. The van der Waals surface area contributed by atoms with Crippen LogP contribution in [0, 0.1) is 18.7 Å². The number of aliphatic imine (C=N–C) groups is 1. The van der Waals surface area contributed by atoms with Crippen molar-refractivity contribution in [1.29, 1.82) is 0 Å². The van der Waals surface area contributed by atoms with Gasteiger partial charge in [-0.3, -0.25) is 9.78 Å². The Kier molecular flexibility index (Phi) is 5.25. The first kappa shape index (κ1) is 18.0. The van der Waals surface area contributed by atoms with E-state index in [4.69, 9.17) is 9.26 Å². The normalized spacial score (nSPS) is 13.7. The van der Waals surface area contributed by atoms with E-state index in [0.717, 1.165) is 6.20 Å². The summed E-state index contributed by atoms with van der Waals surface area (Å²) in [6.45, 7) is 6.29. The molecule has 1 aliphatic rings. The van der Waals surface area contributed by atoms with Crippen molar-refractivity contribution in [3.63, 3.8) is 0 Å². The molecule has 0 amide bonds. The number of nitrogens with zero attached hydrogens (tertiary/aromatic N) is 3. The monoisotopic (exact) mass is 357 g/mol. The van der Waals surface area contributed by atoms with Gasteiger partial charge >= 0.3 is 0 Å². The van der Waals surface area contributed by atoms with Gasteiger partial charge < -0.3 is 9.26 Å². The van der Waals surface area contributed by atoms with E-state index < -0.39 is 5.82 Å². The van der Waals surface area contributed by atoms with Crippen LogP contribution >= 0.6 is 0 Å². The summed E-state index contributed by atoms with van der Waals surface area (Å²) in [7, 11) is 0. The number of carbonyl (C=O) groups excluding carboxylic acids is 1. The number of hydrogen-bond donors (Lipinski definition) is 0. The lowest BCUT2D eigenvalue weighted by Gasteiger charge is -2.05. The SMILES string of the molecule is Cc1onc(-c2ccc(F)cn2)c1COC1=NCC(C(=O)CC(C)C)=C1. The van der Waals surface area contributed by atoms with Crippen molar-refractivity contribution in [3.8, 4) is 11.4 Å². The Labute approximate surface area is 150 Å². The molecule has 0 bridgehead atoms. The number of halogens is 1. The van der Waals surface area contributed by atoms with Gasteiger partial charge in [-0.15, -0.1) is 0 Å². The average molecular weight is 357 g/mol. The lowest BCUT2D eigenvalue weighted by Crippen LogP contribution is -2.07. The van der Waals surface area contributed by atoms with E-state index in [1.165, 1.54) is 12.1 Å². The first-order valence-electron chi connectivity index (χ1n) is 8.42. The molecule has 3 heterocycles. The van der Waals surface area contributed by atoms with E-state index in [1.807, 2.05) is 13.8 Å². The summed E-state index contributed by atoms with van der Waals surface area (Å²) >= 11 is 0. The Morgan fingerprint density at radius 1 is 1.38 bits per heavy atom. The molecule has 0 spiro atoms. The highest BCUT2D eigenvalue weighted by Gasteiger charge is 2.20. The molecular weight excluding hydrogens is 337 g/mol. The Balaban J connectivity index is 1.69.